The number of allylic oxidation sites excluding steroid dienone is 1. The first-order valence-electron chi connectivity index (χ1n) is 12.8. The topological polar surface area (TPSA) is 83.8 Å². The summed E-state index contributed by atoms with van der Waals surface area (Å²) >= 11 is 0. The quantitative estimate of drug-likeness (QED) is 0.583. The Morgan fingerprint density at radius 3 is 2.27 bits per heavy atom. The number of carbonyl (C=O) groups excluding carboxylic acids is 2. The molecule has 0 unspecified atom stereocenters. The van der Waals surface area contributed by atoms with Crippen molar-refractivity contribution < 1.29 is 24.5 Å². The van der Waals surface area contributed by atoms with Crippen molar-refractivity contribution in [1.82, 2.24) is 0 Å². The van der Waals surface area contributed by atoms with Gasteiger partial charge >= 0.3 is 0 Å². The summed E-state index contributed by atoms with van der Waals surface area (Å²) in [5.41, 5.74) is 1.42. The fourth-order valence-electron chi connectivity index (χ4n) is 10.0. The number of fused-ring (bicyclic) bond motifs is 5. The van der Waals surface area contributed by atoms with Crippen molar-refractivity contribution >= 4 is 11.6 Å². The van der Waals surface area contributed by atoms with Crippen molar-refractivity contribution in [3.63, 3.8) is 0 Å². The number of ketones is 2. The summed E-state index contributed by atoms with van der Waals surface area (Å²) in [6.07, 6.45) is 8.44. The Morgan fingerprint density at radius 1 is 0.970 bits per heavy atom. The Hall–Kier alpha value is -1.30. The van der Waals surface area contributed by atoms with Gasteiger partial charge in [0.2, 0.25) is 5.78 Å². The monoisotopic (exact) mass is 454 g/mol. The van der Waals surface area contributed by atoms with Gasteiger partial charge in [0.25, 0.3) is 5.79 Å². The molecule has 0 amide bonds. The van der Waals surface area contributed by atoms with E-state index in [-0.39, 0.29) is 27.6 Å². The molecule has 0 aliphatic heterocycles. The molecule has 33 heavy (non-hydrogen) atoms. The first-order chi connectivity index (χ1) is 15.2. The molecule has 0 aromatic heterocycles. The third-order valence-electron chi connectivity index (χ3n) is 12.3. The van der Waals surface area contributed by atoms with Gasteiger partial charge in [-0.3, -0.25) is 9.59 Å². The predicted octanol–water partition coefficient (Wildman–Crippen LogP) is 4.12. The standard InChI is InChI=1S/C28H38O5/c1-15-11-19-23(2,14-18(15)29)7-8-25(4)20-12-16-22-17(27(16,20)10-9-24(19,25)3)13-21(30)28(32,33-6)26(22,5)31/h13,15,19-20,31-32H,7-12,14H2,1-6H3/t15-,19-,20-,23+,24+,25-,26+,27-,28+/m1/s1. The average Bonchev–Trinajstić information content (AvgIpc) is 2.73. The van der Waals surface area contributed by atoms with E-state index >= 15 is 0 Å². The van der Waals surface area contributed by atoms with Crippen molar-refractivity contribution in [2.24, 2.45) is 39.4 Å². The molecule has 2 N–H and O–H groups in total. The summed E-state index contributed by atoms with van der Waals surface area (Å²) in [6.45, 7) is 11.0. The van der Waals surface area contributed by atoms with Crippen LogP contribution >= 0.6 is 0 Å². The van der Waals surface area contributed by atoms with Crippen LogP contribution in [-0.4, -0.2) is 40.3 Å². The zero-order chi connectivity index (χ0) is 24.0. The minimum absolute atomic E-state index is 0.0915. The van der Waals surface area contributed by atoms with Crippen molar-refractivity contribution in [3.8, 4) is 0 Å². The van der Waals surface area contributed by atoms with Crippen LogP contribution in [-0.2, 0) is 14.3 Å². The van der Waals surface area contributed by atoms with Crippen LogP contribution in [0.4, 0.5) is 0 Å². The first-order valence-corrected chi connectivity index (χ1v) is 12.8. The molecule has 1 spiro atoms. The molecule has 0 aromatic carbocycles. The van der Waals surface area contributed by atoms with Crippen LogP contribution in [0.2, 0.25) is 0 Å². The van der Waals surface area contributed by atoms with Gasteiger partial charge in [0.05, 0.1) is 0 Å². The van der Waals surface area contributed by atoms with Gasteiger partial charge in [-0.25, -0.2) is 0 Å². The number of hydrogen-bond donors (Lipinski definition) is 2. The molecule has 180 valence electrons. The number of carbonyl (C=O) groups is 2. The number of Topliss-reactive ketones (excluding diaryl/α,β-unsaturated/α-hetero) is 1. The van der Waals surface area contributed by atoms with Crippen molar-refractivity contribution in [3.05, 3.63) is 22.8 Å². The summed E-state index contributed by atoms with van der Waals surface area (Å²) in [5.74, 6) is -1.23. The van der Waals surface area contributed by atoms with E-state index < -0.39 is 17.2 Å². The fraction of sp³-hybridized carbons (Fsp3) is 0.786. The summed E-state index contributed by atoms with van der Waals surface area (Å²) in [6, 6.07) is 0. The van der Waals surface area contributed by atoms with Gasteiger partial charge in [-0.05, 0) is 90.8 Å². The van der Waals surface area contributed by atoms with E-state index in [2.05, 4.69) is 27.7 Å². The average molecular weight is 455 g/mol. The molecule has 0 saturated heterocycles. The Labute approximate surface area is 196 Å². The Balaban J connectivity index is 1.43. The highest BCUT2D eigenvalue weighted by Gasteiger charge is 2.78. The minimum Gasteiger partial charge on any atom is -0.379 e. The van der Waals surface area contributed by atoms with E-state index in [4.69, 9.17) is 4.74 Å². The van der Waals surface area contributed by atoms with E-state index in [1.165, 1.54) is 19.6 Å². The van der Waals surface area contributed by atoms with Gasteiger partial charge in [0.1, 0.15) is 11.4 Å². The van der Waals surface area contributed by atoms with Crippen LogP contribution < -0.4 is 0 Å². The third-order valence-corrected chi connectivity index (χ3v) is 12.3. The second-order valence-electron chi connectivity index (χ2n) is 13.2. The predicted molar refractivity (Wildman–Crippen MR) is 123 cm³/mol. The highest BCUT2D eigenvalue weighted by atomic mass is 16.6. The lowest BCUT2D eigenvalue weighted by molar-refractivity contribution is -0.261. The Kier molecular flexibility index (Phi) is 3.97. The Morgan fingerprint density at radius 2 is 1.61 bits per heavy atom. The maximum Gasteiger partial charge on any atom is 0.264 e. The minimum atomic E-state index is -2.23. The van der Waals surface area contributed by atoms with Crippen LogP contribution in [0.5, 0.6) is 0 Å². The number of rotatable bonds is 1. The number of aliphatic hydroxyl groups is 2. The van der Waals surface area contributed by atoms with E-state index in [1.807, 2.05) is 0 Å². The molecule has 0 aromatic rings. The maximum atomic E-state index is 13.0. The van der Waals surface area contributed by atoms with Crippen molar-refractivity contribution in [2.75, 3.05) is 7.11 Å². The second-order valence-corrected chi connectivity index (χ2v) is 13.2. The van der Waals surface area contributed by atoms with Gasteiger partial charge in [-0.15, -0.1) is 0 Å². The molecular formula is C28H38O5. The zero-order valence-electron chi connectivity index (χ0n) is 20.9. The molecule has 0 radical (unpaired) electrons. The van der Waals surface area contributed by atoms with Crippen LogP contribution in [0, 0.1) is 39.4 Å². The summed E-state index contributed by atoms with van der Waals surface area (Å²) < 4.78 is 5.16. The lowest BCUT2D eigenvalue weighted by Crippen LogP contribution is -2.74. The third kappa shape index (κ3) is 2.06. The largest absolute Gasteiger partial charge is 0.379 e. The van der Waals surface area contributed by atoms with Gasteiger partial charge in [0, 0.05) is 24.9 Å². The molecule has 0 heterocycles. The Bertz CT molecular complexity index is 1070. The molecular weight excluding hydrogens is 416 g/mol. The van der Waals surface area contributed by atoms with Crippen LogP contribution in [0.3, 0.4) is 0 Å². The molecule has 9 atom stereocenters. The van der Waals surface area contributed by atoms with Gasteiger partial charge in [0.15, 0.2) is 0 Å². The molecule has 6 aliphatic rings. The van der Waals surface area contributed by atoms with Crippen molar-refractivity contribution in [1.29, 1.82) is 0 Å². The molecule has 5 heteroatoms. The van der Waals surface area contributed by atoms with E-state index in [0.717, 1.165) is 49.7 Å². The van der Waals surface area contributed by atoms with Gasteiger partial charge in [-0.1, -0.05) is 33.3 Å². The molecule has 6 rings (SSSR count). The number of ether oxygens (including phenoxy) is 1. The molecule has 0 bridgehead atoms. The first kappa shape index (κ1) is 22.2. The van der Waals surface area contributed by atoms with Gasteiger partial charge < -0.3 is 14.9 Å². The van der Waals surface area contributed by atoms with E-state index in [1.54, 1.807) is 6.08 Å². The molecule has 5 nitrogen and oxygen atoms in total. The maximum absolute atomic E-state index is 13.0. The van der Waals surface area contributed by atoms with E-state index in [0.29, 0.717) is 24.0 Å². The zero-order valence-corrected chi connectivity index (χ0v) is 20.9. The smallest absolute Gasteiger partial charge is 0.264 e. The fourth-order valence-corrected chi connectivity index (χ4v) is 10.0. The van der Waals surface area contributed by atoms with Crippen LogP contribution in [0.1, 0.15) is 79.6 Å². The van der Waals surface area contributed by atoms with Gasteiger partial charge in [-0.2, -0.15) is 0 Å². The van der Waals surface area contributed by atoms with E-state index in [9.17, 15) is 19.8 Å². The van der Waals surface area contributed by atoms with Crippen LogP contribution in [0.25, 0.3) is 0 Å². The molecule has 4 saturated carbocycles. The second kappa shape index (κ2) is 5.91. The lowest BCUT2D eigenvalue weighted by atomic mass is 9.26. The SMILES string of the molecule is CO[C@@]1(O)C(=O)C=C2C(=C3C[C@H]4[C@@]23CC[C@@]2(C)[C@@H]3C[C@@H](C)C(=O)C[C@]3(C)CC[C@]42C)[C@]1(C)O. The number of hydrogen-bond acceptors (Lipinski definition) is 5. The summed E-state index contributed by atoms with van der Waals surface area (Å²) in [5, 5.41) is 22.2. The normalized spacial score (nSPS) is 57.0. The number of methoxy groups -OCH3 is 1. The molecule has 4 fully saturated rings. The highest BCUT2D eigenvalue weighted by molar-refractivity contribution is 6.02. The van der Waals surface area contributed by atoms with Crippen molar-refractivity contribution in [2.45, 2.75) is 91.0 Å². The lowest BCUT2D eigenvalue weighted by Gasteiger charge is -2.78. The summed E-state index contributed by atoms with van der Waals surface area (Å²) in [7, 11) is 1.27. The highest BCUT2D eigenvalue weighted by Crippen LogP contribution is 2.84. The summed E-state index contributed by atoms with van der Waals surface area (Å²) in [4.78, 5) is 25.6. The van der Waals surface area contributed by atoms with Crippen LogP contribution in [0.15, 0.2) is 22.8 Å². The molecule has 6 aliphatic carbocycles.